The van der Waals surface area contributed by atoms with Gasteiger partial charge in [-0.1, -0.05) is 12.1 Å². The molecule has 0 radical (unpaired) electrons. The van der Waals surface area contributed by atoms with Crippen LogP contribution in [0.15, 0.2) is 24.3 Å². The molecule has 1 unspecified atom stereocenters. The molecular weight excluding hydrogens is 382 g/mol. The lowest BCUT2D eigenvalue weighted by Crippen LogP contribution is -2.36. The Hall–Kier alpha value is -2.78. The van der Waals surface area contributed by atoms with E-state index in [0.29, 0.717) is 18.9 Å². The van der Waals surface area contributed by atoms with Crippen LogP contribution >= 0.6 is 11.6 Å². The van der Waals surface area contributed by atoms with Crippen molar-refractivity contribution in [3.63, 3.8) is 0 Å². The fourth-order valence-electron chi connectivity index (χ4n) is 3.51. The summed E-state index contributed by atoms with van der Waals surface area (Å²) in [6.45, 7) is 3.58. The summed E-state index contributed by atoms with van der Waals surface area (Å²) >= 11 is 6.22. The number of amides is 1. The van der Waals surface area contributed by atoms with Gasteiger partial charge in [-0.3, -0.25) is 15.2 Å². The molecule has 1 atom stereocenters. The molecule has 0 spiro atoms. The first-order valence-electron chi connectivity index (χ1n) is 9.05. The maximum Gasteiger partial charge on any atom is 0.226 e. The van der Waals surface area contributed by atoms with Gasteiger partial charge in [-0.15, -0.1) is 5.53 Å². The van der Waals surface area contributed by atoms with Crippen LogP contribution in [-0.2, 0) is 11.3 Å². The standard InChI is InChI=1S/C18H22ClN7O2/c1-11(27)20-13-7-8-25(10-13)16-15-17(22-18(19)21-16)26(24-23-15)9-12-3-5-14(28-2)6-4-12/h3-6,13,23-24H,7-10H2,1-2H3,(H,20,27). The van der Waals surface area contributed by atoms with Crippen LogP contribution in [0.3, 0.4) is 0 Å². The maximum absolute atomic E-state index is 11.3. The Morgan fingerprint density at radius 3 is 2.79 bits per heavy atom. The molecular formula is C18H22ClN7O2. The largest absolute Gasteiger partial charge is 0.497 e. The number of ether oxygens (including phenoxy) is 1. The molecule has 1 amide bonds. The molecule has 0 saturated carbocycles. The number of halogens is 1. The van der Waals surface area contributed by atoms with Crippen molar-refractivity contribution in [2.75, 3.05) is 35.5 Å². The van der Waals surface area contributed by atoms with Crippen LogP contribution in [-0.4, -0.2) is 42.1 Å². The number of methoxy groups -OCH3 is 1. The molecule has 28 heavy (non-hydrogen) atoms. The van der Waals surface area contributed by atoms with Crippen LogP contribution in [0, 0.1) is 0 Å². The van der Waals surface area contributed by atoms with Crippen LogP contribution in [0.2, 0.25) is 5.28 Å². The van der Waals surface area contributed by atoms with Gasteiger partial charge in [0.25, 0.3) is 0 Å². The van der Waals surface area contributed by atoms with Crippen molar-refractivity contribution in [2.24, 2.45) is 0 Å². The van der Waals surface area contributed by atoms with Gasteiger partial charge in [-0.05, 0) is 35.7 Å². The van der Waals surface area contributed by atoms with Crippen molar-refractivity contribution >= 4 is 34.8 Å². The number of nitrogens with zero attached hydrogens (tertiary/aromatic N) is 4. The first-order chi connectivity index (χ1) is 13.5. The molecule has 2 aliphatic rings. The zero-order valence-corrected chi connectivity index (χ0v) is 16.5. The molecule has 0 bridgehead atoms. The quantitative estimate of drug-likeness (QED) is 0.649. The minimum absolute atomic E-state index is 0.0248. The number of rotatable bonds is 5. The lowest BCUT2D eigenvalue weighted by Gasteiger charge is -2.20. The smallest absolute Gasteiger partial charge is 0.226 e. The number of nitrogens with one attached hydrogen (secondary N) is 3. The van der Waals surface area contributed by atoms with E-state index in [1.807, 2.05) is 29.3 Å². The summed E-state index contributed by atoms with van der Waals surface area (Å²) in [4.78, 5) is 22.3. The third kappa shape index (κ3) is 3.76. The molecule has 1 saturated heterocycles. The molecule has 3 heterocycles. The minimum Gasteiger partial charge on any atom is -0.497 e. The van der Waals surface area contributed by atoms with Gasteiger partial charge < -0.3 is 15.0 Å². The number of hydrazine groups is 2. The number of fused-ring (bicyclic) bond motifs is 1. The van der Waals surface area contributed by atoms with Gasteiger partial charge in [0.05, 0.1) is 13.7 Å². The Balaban J connectivity index is 1.54. The molecule has 1 fully saturated rings. The Bertz CT molecular complexity index is 877. The van der Waals surface area contributed by atoms with Crippen LogP contribution < -0.4 is 30.9 Å². The highest BCUT2D eigenvalue weighted by Gasteiger charge is 2.31. The fourth-order valence-corrected chi connectivity index (χ4v) is 3.67. The van der Waals surface area contributed by atoms with E-state index in [1.165, 1.54) is 6.92 Å². The predicted molar refractivity (Wildman–Crippen MR) is 107 cm³/mol. The highest BCUT2D eigenvalue weighted by atomic mass is 35.5. The van der Waals surface area contributed by atoms with Gasteiger partial charge in [0.1, 0.15) is 11.4 Å². The lowest BCUT2D eigenvalue weighted by atomic mass is 10.2. The van der Waals surface area contributed by atoms with Crippen LogP contribution in [0.5, 0.6) is 5.75 Å². The zero-order chi connectivity index (χ0) is 19.7. The van der Waals surface area contributed by atoms with E-state index in [0.717, 1.165) is 35.8 Å². The molecule has 148 valence electrons. The van der Waals surface area contributed by atoms with E-state index in [4.69, 9.17) is 16.3 Å². The third-order valence-electron chi connectivity index (χ3n) is 4.81. The van der Waals surface area contributed by atoms with Crippen LogP contribution in [0.25, 0.3) is 0 Å². The van der Waals surface area contributed by atoms with Gasteiger partial charge in [-0.25, -0.2) is 0 Å². The molecule has 0 aliphatic carbocycles. The van der Waals surface area contributed by atoms with E-state index in [2.05, 4.69) is 31.1 Å². The predicted octanol–water partition coefficient (Wildman–Crippen LogP) is 1.71. The number of hydrogen-bond donors (Lipinski definition) is 3. The Morgan fingerprint density at radius 2 is 2.07 bits per heavy atom. The maximum atomic E-state index is 11.3. The molecule has 4 rings (SSSR count). The SMILES string of the molecule is COc1ccc(CN2NNc3c(N4CCC(NC(C)=O)C4)nc(Cl)nc32)cc1. The Labute approximate surface area is 168 Å². The average molecular weight is 404 g/mol. The first kappa shape index (κ1) is 18.6. The van der Waals surface area contributed by atoms with Gasteiger partial charge in [-0.2, -0.15) is 9.97 Å². The second-order valence-electron chi connectivity index (χ2n) is 6.82. The summed E-state index contributed by atoms with van der Waals surface area (Å²) in [6, 6.07) is 7.95. The summed E-state index contributed by atoms with van der Waals surface area (Å²) in [7, 11) is 1.65. The molecule has 2 aliphatic heterocycles. The van der Waals surface area contributed by atoms with Crippen molar-refractivity contribution in [3.05, 3.63) is 35.1 Å². The monoisotopic (exact) mass is 403 g/mol. The molecule has 3 N–H and O–H groups in total. The van der Waals surface area contributed by atoms with Crippen LogP contribution in [0.1, 0.15) is 18.9 Å². The summed E-state index contributed by atoms with van der Waals surface area (Å²) in [5.74, 6) is 2.21. The summed E-state index contributed by atoms with van der Waals surface area (Å²) < 4.78 is 5.21. The van der Waals surface area contributed by atoms with Crippen molar-refractivity contribution in [1.82, 2.24) is 20.8 Å². The average Bonchev–Trinajstić information content (AvgIpc) is 3.29. The number of benzene rings is 1. The second-order valence-corrected chi connectivity index (χ2v) is 7.16. The van der Waals surface area contributed by atoms with Gasteiger partial charge in [0.15, 0.2) is 11.6 Å². The number of anilines is 3. The fraction of sp³-hybridized carbons (Fsp3) is 0.389. The van der Waals surface area contributed by atoms with Gasteiger partial charge >= 0.3 is 0 Å². The van der Waals surface area contributed by atoms with Crippen molar-refractivity contribution in [3.8, 4) is 5.75 Å². The Kier molecular flexibility index (Phi) is 5.10. The molecule has 9 nitrogen and oxygen atoms in total. The zero-order valence-electron chi connectivity index (χ0n) is 15.7. The number of carbonyl (C=O) groups is 1. The van der Waals surface area contributed by atoms with Crippen LogP contribution in [0.4, 0.5) is 17.3 Å². The summed E-state index contributed by atoms with van der Waals surface area (Å²) in [6.07, 6.45) is 0.860. The van der Waals surface area contributed by atoms with Gasteiger partial charge in [0.2, 0.25) is 11.2 Å². The molecule has 1 aromatic heterocycles. The molecule has 2 aromatic rings. The topological polar surface area (TPSA) is 94.7 Å². The molecule has 1 aromatic carbocycles. The summed E-state index contributed by atoms with van der Waals surface area (Å²) in [5, 5.41) is 5.03. The Morgan fingerprint density at radius 1 is 1.32 bits per heavy atom. The van der Waals surface area contributed by atoms with E-state index < -0.39 is 0 Å². The highest BCUT2D eigenvalue weighted by Crippen LogP contribution is 2.38. The number of aromatic nitrogens is 2. The second kappa shape index (κ2) is 7.69. The summed E-state index contributed by atoms with van der Waals surface area (Å²) in [5.41, 5.74) is 8.16. The lowest BCUT2D eigenvalue weighted by molar-refractivity contribution is -0.119. The third-order valence-corrected chi connectivity index (χ3v) is 4.98. The van der Waals surface area contributed by atoms with E-state index in [9.17, 15) is 4.79 Å². The minimum atomic E-state index is -0.0248. The van der Waals surface area contributed by atoms with Crippen molar-refractivity contribution < 1.29 is 9.53 Å². The van der Waals surface area contributed by atoms with E-state index >= 15 is 0 Å². The first-order valence-corrected chi connectivity index (χ1v) is 9.43. The van der Waals surface area contributed by atoms with Crippen molar-refractivity contribution in [2.45, 2.75) is 25.9 Å². The highest BCUT2D eigenvalue weighted by molar-refractivity contribution is 6.28. The van der Waals surface area contributed by atoms with Gasteiger partial charge in [0, 0.05) is 26.1 Å². The van der Waals surface area contributed by atoms with Crippen molar-refractivity contribution in [1.29, 1.82) is 0 Å². The molecule has 10 heteroatoms. The number of carbonyl (C=O) groups excluding carboxylic acids is 1. The normalized spacial score (nSPS) is 18.0. The van der Waals surface area contributed by atoms with E-state index in [-0.39, 0.29) is 17.2 Å². The number of hydrogen-bond acceptors (Lipinski definition) is 8. The van der Waals surface area contributed by atoms with E-state index in [1.54, 1.807) is 7.11 Å².